The van der Waals surface area contributed by atoms with Gasteiger partial charge in [-0.3, -0.25) is 0 Å². The summed E-state index contributed by atoms with van der Waals surface area (Å²) in [7, 11) is 0. The molecule has 2 aliphatic heterocycles. The highest BCUT2D eigenvalue weighted by Crippen LogP contribution is 2.41. The fourth-order valence-electron chi connectivity index (χ4n) is 3.01. The summed E-state index contributed by atoms with van der Waals surface area (Å²) < 4.78 is 11.1. The van der Waals surface area contributed by atoms with E-state index in [4.69, 9.17) is 9.47 Å². The Morgan fingerprint density at radius 2 is 2.00 bits per heavy atom. The Morgan fingerprint density at radius 3 is 2.71 bits per heavy atom. The minimum Gasteiger partial charge on any atom is -0.488 e. The van der Waals surface area contributed by atoms with Gasteiger partial charge in [0.2, 0.25) is 0 Å². The third-order valence-electron chi connectivity index (χ3n) is 4.28. The van der Waals surface area contributed by atoms with E-state index in [0.717, 1.165) is 28.0 Å². The van der Waals surface area contributed by atoms with Gasteiger partial charge >= 0.3 is 0 Å². The van der Waals surface area contributed by atoms with Crippen molar-refractivity contribution in [1.29, 1.82) is 5.26 Å². The number of fused-ring (bicyclic) bond motifs is 3. The molecule has 1 fully saturated rings. The van der Waals surface area contributed by atoms with Crippen molar-refractivity contribution in [3.8, 4) is 22.9 Å². The van der Waals surface area contributed by atoms with Crippen molar-refractivity contribution in [3.63, 3.8) is 0 Å². The molecule has 2 aromatic carbocycles. The van der Waals surface area contributed by atoms with Crippen LogP contribution in [0.1, 0.15) is 28.2 Å². The molecule has 0 unspecified atom stereocenters. The second-order valence-electron chi connectivity index (χ2n) is 5.73. The molecule has 104 valence electrons. The molecule has 0 bridgehead atoms. The molecule has 0 radical (unpaired) electrons. The van der Waals surface area contributed by atoms with Crippen LogP contribution in [0.2, 0.25) is 0 Å². The number of hydrogen-bond acceptors (Lipinski definition) is 3. The standard InChI is InChI=1S/C18H15NO2/c1-11-2-3-15-17-6-16(14-8-20-9-14)12(7-19)5-13(17)10-21-18(15)4-11/h2-6,14H,8-10H2,1H3. The van der Waals surface area contributed by atoms with E-state index in [1.54, 1.807) is 0 Å². The van der Waals surface area contributed by atoms with Crippen LogP contribution in [0.25, 0.3) is 11.1 Å². The lowest BCUT2D eigenvalue weighted by atomic mass is 9.86. The average Bonchev–Trinajstić information content (AvgIpc) is 2.44. The van der Waals surface area contributed by atoms with Gasteiger partial charge in [0.15, 0.2) is 0 Å². The molecule has 0 atom stereocenters. The van der Waals surface area contributed by atoms with E-state index in [0.29, 0.717) is 25.7 Å². The van der Waals surface area contributed by atoms with Gasteiger partial charge in [-0.1, -0.05) is 12.1 Å². The monoisotopic (exact) mass is 277 g/mol. The van der Waals surface area contributed by atoms with Crippen molar-refractivity contribution >= 4 is 0 Å². The van der Waals surface area contributed by atoms with Gasteiger partial charge in [-0.15, -0.1) is 0 Å². The number of rotatable bonds is 1. The smallest absolute Gasteiger partial charge is 0.127 e. The summed E-state index contributed by atoms with van der Waals surface area (Å²) in [5, 5.41) is 9.39. The van der Waals surface area contributed by atoms with Gasteiger partial charge in [0.05, 0.1) is 24.8 Å². The molecule has 0 aromatic heterocycles. The van der Waals surface area contributed by atoms with Crippen LogP contribution >= 0.6 is 0 Å². The molecule has 0 saturated carbocycles. The normalized spacial score (nSPS) is 16.2. The van der Waals surface area contributed by atoms with Crippen LogP contribution in [0.3, 0.4) is 0 Å². The van der Waals surface area contributed by atoms with E-state index in [2.05, 4.69) is 37.3 Å². The number of aryl methyl sites for hydroxylation is 1. The number of nitrogens with zero attached hydrogens (tertiary/aromatic N) is 1. The lowest BCUT2D eigenvalue weighted by Gasteiger charge is -2.29. The van der Waals surface area contributed by atoms with Gasteiger partial charge in [-0.05, 0) is 47.4 Å². The summed E-state index contributed by atoms with van der Waals surface area (Å²) >= 11 is 0. The molecule has 0 spiro atoms. The maximum Gasteiger partial charge on any atom is 0.127 e. The molecule has 2 aromatic rings. The Labute approximate surface area is 123 Å². The van der Waals surface area contributed by atoms with Gasteiger partial charge in [0, 0.05) is 11.5 Å². The number of hydrogen-bond donors (Lipinski definition) is 0. The lowest BCUT2D eigenvalue weighted by Crippen LogP contribution is -2.26. The summed E-state index contributed by atoms with van der Waals surface area (Å²) in [6, 6.07) is 12.7. The minimum absolute atomic E-state index is 0.349. The lowest BCUT2D eigenvalue weighted by molar-refractivity contribution is 0.00832. The molecular formula is C18H15NO2. The van der Waals surface area contributed by atoms with Gasteiger partial charge < -0.3 is 9.47 Å². The highest BCUT2D eigenvalue weighted by atomic mass is 16.5. The van der Waals surface area contributed by atoms with Gasteiger partial charge in [0.25, 0.3) is 0 Å². The quantitative estimate of drug-likeness (QED) is 0.800. The first-order valence-electron chi connectivity index (χ1n) is 7.15. The van der Waals surface area contributed by atoms with Crippen molar-refractivity contribution < 1.29 is 9.47 Å². The van der Waals surface area contributed by atoms with Crippen LogP contribution in [0, 0.1) is 18.3 Å². The molecule has 3 nitrogen and oxygen atoms in total. The fourth-order valence-corrected chi connectivity index (χ4v) is 3.01. The number of benzene rings is 2. The van der Waals surface area contributed by atoms with Crippen LogP contribution in [0.4, 0.5) is 0 Å². The Bertz CT molecular complexity index is 770. The largest absolute Gasteiger partial charge is 0.488 e. The third kappa shape index (κ3) is 1.91. The van der Waals surface area contributed by atoms with E-state index in [1.165, 1.54) is 11.1 Å². The van der Waals surface area contributed by atoms with E-state index in [9.17, 15) is 5.26 Å². The SMILES string of the molecule is Cc1ccc2c(c1)OCc1cc(C#N)c(C3COC3)cc1-2. The average molecular weight is 277 g/mol. The van der Waals surface area contributed by atoms with Crippen LogP contribution in [-0.2, 0) is 11.3 Å². The van der Waals surface area contributed by atoms with Crippen molar-refractivity contribution in [1.82, 2.24) is 0 Å². The molecule has 1 saturated heterocycles. The molecule has 3 heteroatoms. The van der Waals surface area contributed by atoms with Crippen molar-refractivity contribution in [2.75, 3.05) is 13.2 Å². The molecule has 21 heavy (non-hydrogen) atoms. The minimum atomic E-state index is 0.349. The fraction of sp³-hybridized carbons (Fsp3) is 0.278. The van der Waals surface area contributed by atoms with E-state index in [-0.39, 0.29) is 0 Å². The second-order valence-corrected chi connectivity index (χ2v) is 5.73. The van der Waals surface area contributed by atoms with Gasteiger partial charge in [-0.25, -0.2) is 0 Å². The summed E-state index contributed by atoms with van der Waals surface area (Å²) in [5.41, 5.74) is 6.45. The third-order valence-corrected chi connectivity index (χ3v) is 4.28. The van der Waals surface area contributed by atoms with E-state index in [1.807, 2.05) is 6.07 Å². The van der Waals surface area contributed by atoms with Crippen LogP contribution in [0.15, 0.2) is 30.3 Å². The number of nitriles is 1. The summed E-state index contributed by atoms with van der Waals surface area (Å²) in [5.74, 6) is 1.28. The number of ether oxygens (including phenoxy) is 2. The predicted molar refractivity (Wildman–Crippen MR) is 79.2 cm³/mol. The zero-order valence-electron chi connectivity index (χ0n) is 11.8. The van der Waals surface area contributed by atoms with Gasteiger partial charge in [-0.2, -0.15) is 5.26 Å². The van der Waals surface area contributed by atoms with Crippen molar-refractivity contribution in [3.05, 3.63) is 52.6 Å². The Kier molecular flexibility index (Phi) is 2.73. The molecule has 0 amide bonds. The molecule has 2 aliphatic rings. The maximum atomic E-state index is 9.39. The zero-order chi connectivity index (χ0) is 14.4. The maximum absolute atomic E-state index is 9.39. The Balaban J connectivity index is 1.90. The molecule has 0 N–H and O–H groups in total. The Morgan fingerprint density at radius 1 is 1.14 bits per heavy atom. The highest BCUT2D eigenvalue weighted by molar-refractivity contribution is 5.77. The summed E-state index contributed by atoms with van der Waals surface area (Å²) in [4.78, 5) is 0. The first kappa shape index (κ1) is 12.4. The zero-order valence-corrected chi connectivity index (χ0v) is 11.8. The Hall–Kier alpha value is -2.31. The van der Waals surface area contributed by atoms with Crippen LogP contribution in [-0.4, -0.2) is 13.2 Å². The summed E-state index contributed by atoms with van der Waals surface area (Å²) in [6.07, 6.45) is 0. The molecule has 0 aliphatic carbocycles. The van der Waals surface area contributed by atoms with E-state index < -0.39 is 0 Å². The first-order chi connectivity index (χ1) is 10.3. The topological polar surface area (TPSA) is 42.2 Å². The van der Waals surface area contributed by atoms with Crippen LogP contribution < -0.4 is 4.74 Å². The van der Waals surface area contributed by atoms with Crippen molar-refractivity contribution in [2.45, 2.75) is 19.4 Å². The van der Waals surface area contributed by atoms with E-state index >= 15 is 0 Å². The first-order valence-corrected chi connectivity index (χ1v) is 7.15. The molecule has 2 heterocycles. The second kappa shape index (κ2) is 4.61. The molecule has 4 rings (SSSR count). The van der Waals surface area contributed by atoms with Crippen molar-refractivity contribution in [2.24, 2.45) is 0 Å². The molecular weight excluding hydrogens is 262 g/mol. The van der Waals surface area contributed by atoms with Gasteiger partial charge in [0.1, 0.15) is 12.4 Å². The highest BCUT2D eigenvalue weighted by Gasteiger charge is 2.27. The summed E-state index contributed by atoms with van der Waals surface area (Å²) in [6.45, 7) is 4.02. The van der Waals surface area contributed by atoms with Crippen LogP contribution in [0.5, 0.6) is 5.75 Å². The predicted octanol–water partition coefficient (Wildman–Crippen LogP) is 3.54.